The number of rotatable bonds is 4. The quantitative estimate of drug-likeness (QED) is 0.898. The van der Waals surface area contributed by atoms with Gasteiger partial charge in [0.1, 0.15) is 11.5 Å². The predicted molar refractivity (Wildman–Crippen MR) is 80.3 cm³/mol. The largest absolute Gasteiger partial charge is 0.365 e. The average molecular weight is 304 g/mol. The second-order valence-corrected chi connectivity index (χ2v) is 6.17. The molecule has 2 heterocycles. The monoisotopic (exact) mass is 304 g/mol. The Bertz CT molecular complexity index is 675. The molecule has 21 heavy (non-hydrogen) atoms. The van der Waals surface area contributed by atoms with Gasteiger partial charge in [-0.05, 0) is 31.2 Å². The Kier molecular flexibility index (Phi) is 3.74. The molecule has 110 valence electrons. The summed E-state index contributed by atoms with van der Waals surface area (Å²) in [4.78, 5) is 28.8. The Hall–Kier alpha value is -2.15. The third-order valence-corrected chi connectivity index (χ3v) is 4.76. The van der Waals surface area contributed by atoms with E-state index in [0.29, 0.717) is 10.6 Å². The third-order valence-electron chi connectivity index (χ3n) is 3.56. The van der Waals surface area contributed by atoms with Crippen LogP contribution >= 0.6 is 11.3 Å². The lowest BCUT2D eigenvalue weighted by atomic mass is 9.95. The zero-order valence-electron chi connectivity index (χ0n) is 11.5. The molecule has 3 N–H and O–H groups in total. The molecule has 0 saturated carbocycles. The number of anilines is 1. The molecule has 1 aliphatic rings. The smallest absolute Gasteiger partial charge is 0.251 e. The van der Waals surface area contributed by atoms with Crippen LogP contribution in [0.25, 0.3) is 0 Å². The molecule has 2 aromatic heterocycles. The van der Waals surface area contributed by atoms with Crippen molar-refractivity contribution in [2.45, 2.75) is 32.2 Å². The second-order valence-electron chi connectivity index (χ2n) is 5.06. The van der Waals surface area contributed by atoms with Gasteiger partial charge in [-0.25, -0.2) is 4.98 Å². The van der Waals surface area contributed by atoms with Gasteiger partial charge in [-0.3, -0.25) is 9.59 Å². The molecule has 0 bridgehead atoms. The maximum Gasteiger partial charge on any atom is 0.251 e. The van der Waals surface area contributed by atoms with E-state index in [1.807, 2.05) is 0 Å². The highest BCUT2D eigenvalue weighted by Crippen LogP contribution is 2.37. The summed E-state index contributed by atoms with van der Waals surface area (Å²) in [6.07, 6.45) is 8.91. The molecule has 0 atom stereocenters. The third kappa shape index (κ3) is 2.82. The van der Waals surface area contributed by atoms with Gasteiger partial charge in [-0.2, -0.15) is 0 Å². The molecule has 2 aromatic rings. The number of carbonyl (C=O) groups is 2. The number of nitrogens with two attached hydrogens (primary N) is 1. The normalized spacial score (nSPS) is 13.7. The van der Waals surface area contributed by atoms with E-state index in [2.05, 4.69) is 10.3 Å². The Morgan fingerprint density at radius 3 is 2.90 bits per heavy atom. The fourth-order valence-corrected chi connectivity index (χ4v) is 3.94. The van der Waals surface area contributed by atoms with Gasteiger partial charge in [0.25, 0.3) is 5.91 Å². The van der Waals surface area contributed by atoms with Crippen LogP contribution in [-0.2, 0) is 24.2 Å². The van der Waals surface area contributed by atoms with Crippen molar-refractivity contribution in [1.29, 1.82) is 0 Å². The maximum atomic E-state index is 12.1. The lowest BCUT2D eigenvalue weighted by Crippen LogP contribution is -2.21. The van der Waals surface area contributed by atoms with Crippen LogP contribution in [0.3, 0.4) is 0 Å². The molecule has 0 aliphatic heterocycles. The van der Waals surface area contributed by atoms with Crippen LogP contribution in [0.5, 0.6) is 0 Å². The van der Waals surface area contributed by atoms with Gasteiger partial charge in [0.15, 0.2) is 0 Å². The fourth-order valence-electron chi connectivity index (χ4n) is 2.63. The van der Waals surface area contributed by atoms with Crippen molar-refractivity contribution in [3.8, 4) is 0 Å². The molecule has 0 saturated heterocycles. The zero-order chi connectivity index (χ0) is 14.8. The van der Waals surface area contributed by atoms with Crippen molar-refractivity contribution in [1.82, 2.24) is 9.55 Å². The standard InChI is InChI=1S/C14H16N4O2S/c15-13(20)12-9-3-1-2-4-10(9)21-14(12)17-11(19)7-18-6-5-16-8-18/h5-6,8H,1-4,7H2,(H2,15,20)(H,17,19). The molecular formula is C14H16N4O2S. The highest BCUT2D eigenvalue weighted by Gasteiger charge is 2.24. The minimum absolute atomic E-state index is 0.167. The molecule has 1 aliphatic carbocycles. The number of thiophene rings is 1. The number of aromatic nitrogens is 2. The average Bonchev–Trinajstić information content (AvgIpc) is 3.04. The van der Waals surface area contributed by atoms with E-state index in [4.69, 9.17) is 5.73 Å². The van der Waals surface area contributed by atoms with Crippen molar-refractivity contribution in [3.63, 3.8) is 0 Å². The summed E-state index contributed by atoms with van der Waals surface area (Å²) in [6.45, 7) is 0.167. The summed E-state index contributed by atoms with van der Waals surface area (Å²) >= 11 is 1.47. The SMILES string of the molecule is NC(=O)c1c(NC(=O)Cn2ccnc2)sc2c1CCCC2. The van der Waals surface area contributed by atoms with Crippen LogP contribution < -0.4 is 11.1 Å². The number of nitrogens with zero attached hydrogens (tertiary/aromatic N) is 2. The number of nitrogens with one attached hydrogen (secondary N) is 1. The van der Waals surface area contributed by atoms with Crippen molar-refractivity contribution >= 4 is 28.2 Å². The van der Waals surface area contributed by atoms with Crippen LogP contribution in [0.1, 0.15) is 33.6 Å². The summed E-state index contributed by atoms with van der Waals surface area (Å²) in [7, 11) is 0. The first-order valence-electron chi connectivity index (χ1n) is 6.85. The molecule has 7 heteroatoms. The predicted octanol–water partition coefficient (Wildman–Crippen LogP) is 1.56. The van der Waals surface area contributed by atoms with Crippen LogP contribution in [-0.4, -0.2) is 21.4 Å². The molecule has 2 amide bonds. The van der Waals surface area contributed by atoms with Gasteiger partial charge in [0, 0.05) is 17.3 Å². The summed E-state index contributed by atoms with van der Waals surface area (Å²) in [5.41, 5.74) is 7.01. The van der Waals surface area contributed by atoms with E-state index < -0.39 is 5.91 Å². The Balaban J connectivity index is 1.83. The molecule has 0 spiro atoms. The first-order valence-corrected chi connectivity index (χ1v) is 7.66. The lowest BCUT2D eigenvalue weighted by Gasteiger charge is -2.11. The van der Waals surface area contributed by atoms with Gasteiger partial charge in [0.05, 0.1) is 11.9 Å². The molecular weight excluding hydrogens is 288 g/mol. The second kappa shape index (κ2) is 5.69. The summed E-state index contributed by atoms with van der Waals surface area (Å²) < 4.78 is 1.67. The number of primary amides is 1. The Labute approximate surface area is 126 Å². The van der Waals surface area contributed by atoms with Crippen LogP contribution in [0.2, 0.25) is 0 Å². The number of imidazole rings is 1. The fraction of sp³-hybridized carbons (Fsp3) is 0.357. The van der Waals surface area contributed by atoms with Crippen LogP contribution in [0.15, 0.2) is 18.7 Å². The highest BCUT2D eigenvalue weighted by molar-refractivity contribution is 7.17. The molecule has 0 fully saturated rings. The number of fused-ring (bicyclic) bond motifs is 1. The number of hydrogen-bond acceptors (Lipinski definition) is 4. The topological polar surface area (TPSA) is 90.0 Å². The van der Waals surface area contributed by atoms with Gasteiger partial charge in [0.2, 0.25) is 5.91 Å². The molecule has 0 unspecified atom stereocenters. The zero-order valence-corrected chi connectivity index (χ0v) is 12.3. The Morgan fingerprint density at radius 1 is 1.38 bits per heavy atom. The van der Waals surface area contributed by atoms with Crippen molar-refractivity contribution < 1.29 is 9.59 Å². The van der Waals surface area contributed by atoms with Crippen molar-refractivity contribution in [3.05, 3.63) is 34.7 Å². The lowest BCUT2D eigenvalue weighted by molar-refractivity contribution is -0.116. The molecule has 3 rings (SSSR count). The number of hydrogen-bond donors (Lipinski definition) is 2. The van der Waals surface area contributed by atoms with E-state index in [-0.39, 0.29) is 12.5 Å². The first-order chi connectivity index (χ1) is 10.1. The maximum absolute atomic E-state index is 12.1. The number of carbonyl (C=O) groups excluding carboxylic acids is 2. The van der Waals surface area contributed by atoms with Crippen molar-refractivity contribution in [2.75, 3.05) is 5.32 Å². The number of aryl methyl sites for hydroxylation is 1. The van der Waals surface area contributed by atoms with Gasteiger partial charge >= 0.3 is 0 Å². The summed E-state index contributed by atoms with van der Waals surface area (Å²) in [5, 5.41) is 3.40. The van der Waals surface area contributed by atoms with E-state index in [1.54, 1.807) is 23.3 Å². The van der Waals surface area contributed by atoms with Gasteiger partial charge in [-0.1, -0.05) is 0 Å². The van der Waals surface area contributed by atoms with E-state index in [9.17, 15) is 9.59 Å². The van der Waals surface area contributed by atoms with E-state index >= 15 is 0 Å². The van der Waals surface area contributed by atoms with Crippen LogP contribution in [0, 0.1) is 0 Å². The first kappa shape index (κ1) is 13.8. The minimum Gasteiger partial charge on any atom is -0.365 e. The van der Waals surface area contributed by atoms with Crippen molar-refractivity contribution in [2.24, 2.45) is 5.73 Å². The molecule has 0 radical (unpaired) electrons. The molecule has 6 nitrogen and oxygen atoms in total. The highest BCUT2D eigenvalue weighted by atomic mass is 32.1. The van der Waals surface area contributed by atoms with Gasteiger partial charge in [-0.15, -0.1) is 11.3 Å². The minimum atomic E-state index is -0.465. The Morgan fingerprint density at radius 2 is 2.19 bits per heavy atom. The van der Waals surface area contributed by atoms with Gasteiger partial charge < -0.3 is 15.6 Å². The summed E-state index contributed by atoms with van der Waals surface area (Å²) in [5.74, 6) is -0.651. The van der Waals surface area contributed by atoms with E-state index in [0.717, 1.165) is 31.2 Å². The van der Waals surface area contributed by atoms with Crippen LogP contribution in [0.4, 0.5) is 5.00 Å². The number of amides is 2. The summed E-state index contributed by atoms with van der Waals surface area (Å²) in [6, 6.07) is 0. The molecule has 0 aromatic carbocycles. The van der Waals surface area contributed by atoms with E-state index in [1.165, 1.54) is 16.2 Å².